The fourth-order valence-corrected chi connectivity index (χ4v) is 12.5. The van der Waals surface area contributed by atoms with Crippen molar-refractivity contribution in [2.75, 3.05) is 0 Å². The molecule has 8 aromatic rings. The van der Waals surface area contributed by atoms with Gasteiger partial charge in [0.25, 0.3) is 0 Å². The summed E-state index contributed by atoms with van der Waals surface area (Å²) in [5, 5.41) is 9.49. The van der Waals surface area contributed by atoms with Gasteiger partial charge in [0, 0.05) is 28.7 Å². The lowest BCUT2D eigenvalue weighted by Crippen LogP contribution is -2.04. The molecule has 0 bridgehead atoms. The third kappa shape index (κ3) is 4.48. The van der Waals surface area contributed by atoms with Gasteiger partial charge in [-0.3, -0.25) is 0 Å². The van der Waals surface area contributed by atoms with Crippen molar-refractivity contribution in [3.05, 3.63) is 168 Å². The van der Waals surface area contributed by atoms with E-state index >= 15 is 0 Å². The zero-order valence-electron chi connectivity index (χ0n) is 26.8. The fourth-order valence-electron chi connectivity index (χ4n) is 8.74. The summed E-state index contributed by atoms with van der Waals surface area (Å²) < 4.78 is 29.7. The summed E-state index contributed by atoms with van der Waals surface area (Å²) in [5.41, 5.74) is 8.79. The van der Waals surface area contributed by atoms with Gasteiger partial charge in [-0.05, 0) is 65.3 Å². The Morgan fingerprint density at radius 3 is 1.10 bits per heavy atom. The van der Waals surface area contributed by atoms with Crippen molar-refractivity contribution in [2.45, 2.75) is 30.1 Å². The predicted molar refractivity (Wildman–Crippen MR) is 206 cm³/mol. The lowest BCUT2D eigenvalue weighted by molar-refractivity contribution is 0.563. The Morgan fingerprint density at radius 2 is 0.714 bits per heavy atom. The van der Waals surface area contributed by atoms with Crippen molar-refractivity contribution in [1.29, 1.82) is 0 Å². The van der Waals surface area contributed by atoms with E-state index in [4.69, 9.17) is 0 Å². The van der Waals surface area contributed by atoms with Gasteiger partial charge in [-0.2, -0.15) is 0 Å². The molecule has 49 heavy (non-hydrogen) atoms. The van der Waals surface area contributed by atoms with E-state index in [2.05, 4.69) is 146 Å². The predicted octanol–water partition coefficient (Wildman–Crippen LogP) is 13.5. The minimum atomic E-state index is -1.71. The summed E-state index contributed by atoms with van der Waals surface area (Å²) in [6.07, 6.45) is 1.57. The average Bonchev–Trinajstić information content (AvgIpc) is 3.35. The van der Waals surface area contributed by atoms with Crippen LogP contribution in [0.25, 0.3) is 65.3 Å². The minimum Gasteiger partial charge on any atom is -0.0737 e. The second kappa shape index (κ2) is 11.3. The molecule has 2 heterocycles. The van der Waals surface area contributed by atoms with Gasteiger partial charge in [0.05, 0.1) is 0 Å². The van der Waals surface area contributed by atoms with Gasteiger partial charge in [0.2, 0.25) is 0 Å². The molecule has 0 saturated carbocycles. The zero-order valence-corrected chi connectivity index (χ0v) is 28.6. The molecule has 2 nitrogen and oxygen atoms in total. The minimum absolute atomic E-state index is 0.248. The second-order valence-corrected chi connectivity index (χ2v) is 17.1. The maximum absolute atomic E-state index is 14.8. The van der Waals surface area contributed by atoms with Gasteiger partial charge < -0.3 is 0 Å². The SMILES string of the molecule is O=[P+]1Cc2ccc3ccccc3c2-c2c(ccc3ccccc23)C1CC1c2ccc3ccccc3c2-c2c(ccc3ccccc23)C[P+]1=O. The highest BCUT2D eigenvalue weighted by atomic mass is 31.1. The summed E-state index contributed by atoms with van der Waals surface area (Å²) in [5.74, 6) is 0. The first kappa shape index (κ1) is 29.0. The molecule has 8 aromatic carbocycles. The van der Waals surface area contributed by atoms with Gasteiger partial charge >= 0.3 is 15.6 Å². The molecule has 4 atom stereocenters. The van der Waals surface area contributed by atoms with Crippen LogP contribution in [0.1, 0.15) is 40.0 Å². The largest absolute Gasteiger partial charge is 0.351 e. The molecule has 0 aliphatic carbocycles. The van der Waals surface area contributed by atoms with Crippen molar-refractivity contribution in [2.24, 2.45) is 0 Å². The highest BCUT2D eigenvalue weighted by Crippen LogP contribution is 2.63. The Balaban J connectivity index is 1.22. The van der Waals surface area contributed by atoms with Crippen LogP contribution in [0.3, 0.4) is 0 Å². The molecule has 232 valence electrons. The maximum atomic E-state index is 14.8. The van der Waals surface area contributed by atoms with Gasteiger partial charge in [-0.15, -0.1) is 0 Å². The van der Waals surface area contributed by atoms with Gasteiger partial charge in [-0.1, -0.05) is 155 Å². The average molecular weight is 667 g/mol. The van der Waals surface area contributed by atoms with E-state index in [-0.39, 0.29) is 11.3 Å². The molecule has 2 aliphatic rings. The molecule has 0 spiro atoms. The van der Waals surface area contributed by atoms with Gasteiger partial charge in [0.1, 0.15) is 0 Å². The van der Waals surface area contributed by atoms with Crippen LogP contribution in [0, 0.1) is 0 Å². The standard InChI is InChI=1S/C45H32O2P2/c46-48-26-32-19-17-28-9-1-5-13-34(28)42(32)44-36-15-7-3-11-30(36)21-23-38(44)40(48)25-41-39-24-22-31-12-4-8-16-37(31)45(39)43-33(27-49(41)47)20-18-29-10-2-6-14-35(29)43/h1-24,40-41H,25-27H2/q+2. The Labute approximate surface area is 287 Å². The third-order valence-electron chi connectivity index (χ3n) is 11.0. The van der Waals surface area contributed by atoms with Crippen LogP contribution >= 0.6 is 15.6 Å². The van der Waals surface area contributed by atoms with Crippen LogP contribution in [0.4, 0.5) is 0 Å². The quantitative estimate of drug-likeness (QED) is 0.172. The summed E-state index contributed by atoms with van der Waals surface area (Å²) in [6.45, 7) is 0. The van der Waals surface area contributed by atoms with Crippen molar-refractivity contribution >= 4 is 58.7 Å². The van der Waals surface area contributed by atoms with E-state index in [0.717, 1.165) is 22.3 Å². The molecule has 0 fully saturated rings. The lowest BCUT2D eigenvalue weighted by Gasteiger charge is -2.19. The van der Waals surface area contributed by atoms with E-state index in [1.165, 1.54) is 65.3 Å². The Bertz CT molecular complexity index is 2520. The molecule has 0 saturated heterocycles. The van der Waals surface area contributed by atoms with E-state index in [9.17, 15) is 9.13 Å². The second-order valence-electron chi connectivity index (χ2n) is 13.6. The maximum Gasteiger partial charge on any atom is 0.351 e. The number of hydrogen-bond donors (Lipinski definition) is 0. The van der Waals surface area contributed by atoms with E-state index in [0.29, 0.717) is 18.7 Å². The fraction of sp³-hybridized carbons (Fsp3) is 0.111. The molecular formula is C45H32O2P2+2. The number of fused-ring (bicyclic) bond motifs is 14. The highest BCUT2D eigenvalue weighted by molar-refractivity contribution is 7.45. The molecule has 4 unspecified atom stereocenters. The van der Waals surface area contributed by atoms with Crippen LogP contribution < -0.4 is 0 Å². The first-order valence-electron chi connectivity index (χ1n) is 17.1. The Hall–Kier alpha value is -5.00. The Morgan fingerprint density at radius 1 is 0.388 bits per heavy atom. The zero-order chi connectivity index (χ0) is 32.6. The lowest BCUT2D eigenvalue weighted by atomic mass is 9.84. The highest BCUT2D eigenvalue weighted by Gasteiger charge is 2.47. The topological polar surface area (TPSA) is 34.1 Å². The molecule has 0 radical (unpaired) electrons. The molecule has 0 amide bonds. The molecule has 0 N–H and O–H groups in total. The third-order valence-corrected chi connectivity index (χ3v) is 14.6. The normalized spacial score (nSPS) is 18.4. The number of benzene rings is 8. The molecule has 4 heteroatoms. The van der Waals surface area contributed by atoms with Crippen LogP contribution in [0.15, 0.2) is 146 Å². The van der Waals surface area contributed by atoms with E-state index in [1.54, 1.807) is 0 Å². The Kier molecular flexibility index (Phi) is 6.67. The molecular weight excluding hydrogens is 634 g/mol. The first-order valence-corrected chi connectivity index (χ1v) is 20.1. The van der Waals surface area contributed by atoms with Gasteiger partial charge in [0.15, 0.2) is 23.6 Å². The monoisotopic (exact) mass is 666 g/mol. The first-order chi connectivity index (χ1) is 24.1. The van der Waals surface area contributed by atoms with Crippen molar-refractivity contribution in [1.82, 2.24) is 0 Å². The summed E-state index contributed by atoms with van der Waals surface area (Å²) >= 11 is 0. The molecule has 0 aromatic heterocycles. The van der Waals surface area contributed by atoms with Crippen molar-refractivity contribution < 1.29 is 9.13 Å². The van der Waals surface area contributed by atoms with Crippen LogP contribution in [0.5, 0.6) is 0 Å². The van der Waals surface area contributed by atoms with Crippen LogP contribution in [0.2, 0.25) is 0 Å². The molecule has 10 rings (SSSR count). The summed E-state index contributed by atoms with van der Waals surface area (Å²) in [4.78, 5) is 0. The van der Waals surface area contributed by atoms with Crippen LogP contribution in [-0.4, -0.2) is 0 Å². The van der Waals surface area contributed by atoms with Crippen LogP contribution in [-0.2, 0) is 21.5 Å². The van der Waals surface area contributed by atoms with Crippen molar-refractivity contribution in [3.63, 3.8) is 0 Å². The smallest absolute Gasteiger partial charge is 0.0737 e. The van der Waals surface area contributed by atoms with E-state index in [1.807, 2.05) is 0 Å². The summed E-state index contributed by atoms with van der Waals surface area (Å²) in [7, 11) is -3.42. The number of hydrogen-bond acceptors (Lipinski definition) is 2. The van der Waals surface area contributed by atoms with E-state index < -0.39 is 15.6 Å². The molecule has 2 aliphatic heterocycles. The summed E-state index contributed by atoms with van der Waals surface area (Å²) in [6, 6.07) is 51.9. The van der Waals surface area contributed by atoms with Gasteiger partial charge in [-0.25, -0.2) is 0 Å². The number of rotatable bonds is 2. The van der Waals surface area contributed by atoms with Crippen molar-refractivity contribution in [3.8, 4) is 22.3 Å².